The number of aliphatic hydroxyl groups is 1. The fourth-order valence-electron chi connectivity index (χ4n) is 2.75. The van der Waals surface area contributed by atoms with Gasteiger partial charge in [-0.25, -0.2) is 9.97 Å². The Morgan fingerprint density at radius 1 is 1.20 bits per heavy atom. The van der Waals surface area contributed by atoms with Crippen molar-refractivity contribution >= 4 is 16.9 Å². The van der Waals surface area contributed by atoms with Crippen molar-refractivity contribution < 1.29 is 23.1 Å². The minimum atomic E-state index is -4.37. The number of hydrogen-bond donors (Lipinski definition) is 2. The molecule has 0 unspecified atom stereocenters. The number of nitrogens with zero attached hydrogens (tertiary/aromatic N) is 4. The van der Waals surface area contributed by atoms with Crippen LogP contribution in [0.25, 0.3) is 11.0 Å². The molecule has 0 saturated heterocycles. The van der Waals surface area contributed by atoms with Gasteiger partial charge in [-0.1, -0.05) is 0 Å². The summed E-state index contributed by atoms with van der Waals surface area (Å²) in [6.07, 6.45) is -1.23. The van der Waals surface area contributed by atoms with Crippen LogP contribution in [0.15, 0.2) is 30.6 Å². The van der Waals surface area contributed by atoms with Gasteiger partial charge in [-0.2, -0.15) is 13.2 Å². The molecule has 0 radical (unpaired) electrons. The number of primary amides is 1. The number of amides is 1. The summed E-state index contributed by atoms with van der Waals surface area (Å²) in [5.74, 6) is 0.0434. The molecular weight excluding hydrogens is 399 g/mol. The van der Waals surface area contributed by atoms with E-state index in [-0.39, 0.29) is 12.1 Å². The standard InChI is InChI=1S/C14H17F3N2O.C6H7N3O/c1-4-19-11-6-5-9(14(15,16)17)7-10(11)18-12(19)8-13(2,3)20;1-4-2-9-5(3-8-4)6(7)10/h5-7,20H,4,8H2,1-3H3;2-3H,1H3,(H2,7,10). The molecule has 162 valence electrons. The Labute approximate surface area is 171 Å². The van der Waals surface area contributed by atoms with Crippen molar-refractivity contribution in [3.05, 3.63) is 53.4 Å². The first kappa shape index (κ1) is 23.3. The van der Waals surface area contributed by atoms with Crippen LogP contribution in [-0.2, 0) is 19.1 Å². The van der Waals surface area contributed by atoms with Gasteiger partial charge in [-0.3, -0.25) is 9.78 Å². The summed E-state index contributed by atoms with van der Waals surface area (Å²) in [7, 11) is 0. The molecule has 0 bridgehead atoms. The number of halogens is 3. The Hall–Kier alpha value is -3.01. The summed E-state index contributed by atoms with van der Waals surface area (Å²) < 4.78 is 39.9. The van der Waals surface area contributed by atoms with E-state index in [4.69, 9.17) is 5.73 Å². The lowest BCUT2D eigenvalue weighted by Crippen LogP contribution is -2.24. The van der Waals surface area contributed by atoms with Gasteiger partial charge in [0.25, 0.3) is 5.91 Å². The topological polar surface area (TPSA) is 107 Å². The Kier molecular flexibility index (Phi) is 6.81. The SMILES string of the molecule is CCn1c(CC(C)(C)O)nc2cc(C(F)(F)F)ccc21.Cc1cnc(C(N)=O)cn1. The summed E-state index contributed by atoms with van der Waals surface area (Å²) in [6, 6.07) is 3.54. The molecule has 3 rings (SSSR count). The lowest BCUT2D eigenvalue weighted by Gasteiger charge is -2.17. The quantitative estimate of drug-likeness (QED) is 0.670. The zero-order valence-corrected chi connectivity index (χ0v) is 17.2. The molecule has 1 aromatic carbocycles. The molecule has 30 heavy (non-hydrogen) atoms. The Bertz CT molecular complexity index is 1020. The molecule has 0 saturated carbocycles. The van der Waals surface area contributed by atoms with E-state index in [0.717, 1.165) is 17.8 Å². The van der Waals surface area contributed by atoms with E-state index in [1.165, 1.54) is 18.5 Å². The van der Waals surface area contributed by atoms with E-state index in [0.29, 0.717) is 23.4 Å². The normalized spacial score (nSPS) is 11.9. The van der Waals surface area contributed by atoms with Gasteiger partial charge in [-0.15, -0.1) is 0 Å². The molecule has 3 aromatic rings. The second kappa shape index (κ2) is 8.78. The number of aromatic nitrogens is 4. The van der Waals surface area contributed by atoms with E-state index >= 15 is 0 Å². The number of aryl methyl sites for hydroxylation is 2. The molecule has 1 amide bonds. The highest BCUT2D eigenvalue weighted by atomic mass is 19.4. The number of hydrogen-bond acceptors (Lipinski definition) is 5. The number of benzene rings is 1. The van der Waals surface area contributed by atoms with Crippen LogP contribution in [0.4, 0.5) is 13.2 Å². The number of imidazole rings is 1. The lowest BCUT2D eigenvalue weighted by atomic mass is 10.1. The molecule has 10 heteroatoms. The van der Waals surface area contributed by atoms with Gasteiger partial charge in [0.05, 0.1) is 34.1 Å². The molecular formula is C20H24F3N5O2. The first-order valence-electron chi connectivity index (χ1n) is 9.19. The van der Waals surface area contributed by atoms with Crippen LogP contribution in [0.3, 0.4) is 0 Å². The fourth-order valence-corrected chi connectivity index (χ4v) is 2.75. The smallest absolute Gasteiger partial charge is 0.390 e. The van der Waals surface area contributed by atoms with Crippen LogP contribution in [0.2, 0.25) is 0 Å². The molecule has 0 aliphatic heterocycles. The van der Waals surface area contributed by atoms with E-state index in [1.54, 1.807) is 20.8 Å². The van der Waals surface area contributed by atoms with Crippen LogP contribution in [-0.4, -0.2) is 36.1 Å². The average Bonchev–Trinajstić information content (AvgIpc) is 2.96. The van der Waals surface area contributed by atoms with Crippen molar-refractivity contribution in [2.45, 2.75) is 52.4 Å². The number of carbonyl (C=O) groups is 1. The second-order valence-corrected chi connectivity index (χ2v) is 7.37. The average molecular weight is 423 g/mol. The van der Waals surface area contributed by atoms with Crippen molar-refractivity contribution in [3.63, 3.8) is 0 Å². The number of alkyl halides is 3. The van der Waals surface area contributed by atoms with Crippen LogP contribution in [0.5, 0.6) is 0 Å². The van der Waals surface area contributed by atoms with E-state index in [1.807, 2.05) is 11.5 Å². The van der Waals surface area contributed by atoms with E-state index < -0.39 is 23.2 Å². The highest BCUT2D eigenvalue weighted by Crippen LogP contribution is 2.31. The van der Waals surface area contributed by atoms with Crippen LogP contribution < -0.4 is 5.73 Å². The number of fused-ring (bicyclic) bond motifs is 1. The molecule has 0 spiro atoms. The summed E-state index contributed by atoms with van der Waals surface area (Å²) in [5.41, 5.74) is 5.18. The van der Waals surface area contributed by atoms with Gasteiger partial charge in [-0.05, 0) is 45.9 Å². The van der Waals surface area contributed by atoms with Crippen molar-refractivity contribution in [2.24, 2.45) is 5.73 Å². The van der Waals surface area contributed by atoms with Crippen LogP contribution in [0, 0.1) is 6.92 Å². The van der Waals surface area contributed by atoms with E-state index in [2.05, 4.69) is 15.0 Å². The van der Waals surface area contributed by atoms with Gasteiger partial charge in [0.2, 0.25) is 0 Å². The highest BCUT2D eigenvalue weighted by Gasteiger charge is 2.31. The first-order chi connectivity index (χ1) is 13.8. The molecule has 0 fully saturated rings. The fraction of sp³-hybridized carbons (Fsp3) is 0.400. The molecule has 7 nitrogen and oxygen atoms in total. The van der Waals surface area contributed by atoms with Crippen molar-refractivity contribution in [1.29, 1.82) is 0 Å². The molecule has 0 aliphatic rings. The number of rotatable bonds is 4. The monoisotopic (exact) mass is 423 g/mol. The minimum absolute atomic E-state index is 0.200. The van der Waals surface area contributed by atoms with Gasteiger partial charge in [0.15, 0.2) is 0 Å². The Morgan fingerprint density at radius 3 is 2.33 bits per heavy atom. The zero-order chi connectivity index (χ0) is 22.7. The Balaban J connectivity index is 0.000000269. The zero-order valence-electron chi connectivity index (χ0n) is 17.2. The van der Waals surface area contributed by atoms with Gasteiger partial charge >= 0.3 is 6.18 Å². The van der Waals surface area contributed by atoms with E-state index in [9.17, 15) is 23.1 Å². The third kappa shape index (κ3) is 5.99. The summed E-state index contributed by atoms with van der Waals surface area (Å²) in [6.45, 7) is 7.57. The summed E-state index contributed by atoms with van der Waals surface area (Å²) >= 11 is 0. The number of carbonyl (C=O) groups excluding carboxylic acids is 1. The maximum absolute atomic E-state index is 12.7. The van der Waals surface area contributed by atoms with Crippen molar-refractivity contribution in [2.75, 3.05) is 0 Å². The third-order valence-electron chi connectivity index (χ3n) is 4.09. The van der Waals surface area contributed by atoms with Crippen molar-refractivity contribution in [3.8, 4) is 0 Å². The van der Waals surface area contributed by atoms with Gasteiger partial charge < -0.3 is 15.4 Å². The third-order valence-corrected chi connectivity index (χ3v) is 4.09. The van der Waals surface area contributed by atoms with Crippen LogP contribution in [0.1, 0.15) is 48.3 Å². The molecule has 2 aromatic heterocycles. The predicted octanol–water partition coefficient (Wildman–Crippen LogP) is 3.27. The largest absolute Gasteiger partial charge is 0.416 e. The number of nitrogens with two attached hydrogens (primary N) is 1. The van der Waals surface area contributed by atoms with Crippen molar-refractivity contribution in [1.82, 2.24) is 19.5 Å². The first-order valence-corrected chi connectivity index (χ1v) is 9.19. The minimum Gasteiger partial charge on any atom is -0.390 e. The van der Waals surface area contributed by atoms with Crippen LogP contribution >= 0.6 is 0 Å². The summed E-state index contributed by atoms with van der Waals surface area (Å²) in [4.78, 5) is 22.3. The van der Waals surface area contributed by atoms with Gasteiger partial charge in [0, 0.05) is 19.2 Å². The Morgan fingerprint density at radius 2 is 1.87 bits per heavy atom. The molecule has 0 atom stereocenters. The maximum Gasteiger partial charge on any atom is 0.416 e. The second-order valence-electron chi connectivity index (χ2n) is 7.37. The molecule has 2 heterocycles. The lowest BCUT2D eigenvalue weighted by molar-refractivity contribution is -0.137. The predicted molar refractivity (Wildman–Crippen MR) is 106 cm³/mol. The van der Waals surface area contributed by atoms with Gasteiger partial charge in [0.1, 0.15) is 11.5 Å². The maximum atomic E-state index is 12.7. The highest BCUT2D eigenvalue weighted by molar-refractivity contribution is 5.90. The summed E-state index contributed by atoms with van der Waals surface area (Å²) in [5, 5.41) is 9.87. The molecule has 3 N–H and O–H groups in total. The molecule has 0 aliphatic carbocycles.